The Morgan fingerprint density at radius 2 is 2.19 bits per heavy atom. The van der Waals surface area contributed by atoms with E-state index in [9.17, 15) is 4.79 Å². The number of carbonyl (C=O) groups is 1. The summed E-state index contributed by atoms with van der Waals surface area (Å²) in [7, 11) is 1.86. The summed E-state index contributed by atoms with van der Waals surface area (Å²) in [4.78, 5) is 21.8. The molecule has 0 aliphatic carbocycles. The van der Waals surface area contributed by atoms with Crippen molar-refractivity contribution in [1.29, 1.82) is 0 Å². The summed E-state index contributed by atoms with van der Waals surface area (Å²) in [6, 6.07) is 7.84. The second-order valence-electron chi connectivity index (χ2n) is 6.19. The highest BCUT2D eigenvalue weighted by Crippen LogP contribution is 2.25. The highest BCUT2D eigenvalue weighted by Gasteiger charge is 2.21. The van der Waals surface area contributed by atoms with E-state index in [2.05, 4.69) is 29.1 Å². The number of thiophene rings is 1. The molecule has 0 aliphatic heterocycles. The topological polar surface area (TPSA) is 64.2 Å². The predicted octanol–water partition coefficient (Wildman–Crippen LogP) is 4.35. The van der Waals surface area contributed by atoms with Crippen LogP contribution >= 0.6 is 22.7 Å². The van der Waals surface area contributed by atoms with Gasteiger partial charge in [-0.2, -0.15) is 5.10 Å². The van der Waals surface area contributed by atoms with Crippen LogP contribution in [0.2, 0.25) is 0 Å². The average Bonchev–Trinajstić information content (AvgIpc) is 3.41. The first-order valence-electron chi connectivity index (χ1n) is 8.40. The molecule has 8 heteroatoms. The molecule has 0 unspecified atom stereocenters. The van der Waals surface area contributed by atoms with Crippen molar-refractivity contribution < 1.29 is 9.21 Å². The fourth-order valence-corrected chi connectivity index (χ4v) is 4.42. The Bertz CT molecular complexity index is 1050. The number of nitrogens with zero attached hydrogens (tertiary/aromatic N) is 4. The lowest BCUT2D eigenvalue weighted by atomic mass is 10.3. The molecule has 4 heterocycles. The molecule has 4 aromatic rings. The van der Waals surface area contributed by atoms with Crippen molar-refractivity contribution >= 4 is 28.6 Å². The van der Waals surface area contributed by atoms with E-state index < -0.39 is 0 Å². The van der Waals surface area contributed by atoms with E-state index in [1.165, 1.54) is 16.2 Å². The second kappa shape index (κ2) is 7.50. The van der Waals surface area contributed by atoms with Gasteiger partial charge in [0, 0.05) is 33.9 Å². The Morgan fingerprint density at radius 3 is 2.85 bits per heavy atom. The third-order valence-corrected chi connectivity index (χ3v) is 5.91. The largest absolute Gasteiger partial charge is 0.467 e. The molecule has 0 N–H and O–H groups in total. The number of hydrogen-bond acceptors (Lipinski definition) is 6. The highest BCUT2D eigenvalue weighted by molar-refractivity contribution is 7.13. The Hall–Kier alpha value is -2.71. The zero-order chi connectivity index (χ0) is 18.8. The summed E-state index contributed by atoms with van der Waals surface area (Å²) in [6.07, 6.45) is 5.26. The number of aryl methyl sites for hydroxylation is 2. The molecule has 4 rings (SSSR count). The minimum Gasteiger partial charge on any atom is -0.467 e. The van der Waals surface area contributed by atoms with Gasteiger partial charge in [0.15, 0.2) is 0 Å². The maximum atomic E-state index is 13.1. The fourth-order valence-electron chi connectivity index (χ4n) is 2.75. The van der Waals surface area contributed by atoms with Gasteiger partial charge in [-0.1, -0.05) is 0 Å². The maximum Gasteiger partial charge on any atom is 0.274 e. The van der Waals surface area contributed by atoms with Crippen molar-refractivity contribution in [2.45, 2.75) is 20.0 Å². The minimum absolute atomic E-state index is 0.108. The summed E-state index contributed by atoms with van der Waals surface area (Å²) in [5.41, 5.74) is 1.35. The molecule has 0 radical (unpaired) electrons. The molecular weight excluding hydrogens is 380 g/mol. The number of amides is 1. The van der Waals surface area contributed by atoms with Crippen LogP contribution in [0.5, 0.6) is 0 Å². The first kappa shape index (κ1) is 17.7. The molecule has 0 aliphatic rings. The molecule has 138 valence electrons. The van der Waals surface area contributed by atoms with Crippen molar-refractivity contribution in [1.82, 2.24) is 19.7 Å². The molecule has 6 nitrogen and oxygen atoms in total. The van der Waals surface area contributed by atoms with Gasteiger partial charge >= 0.3 is 0 Å². The van der Waals surface area contributed by atoms with Crippen molar-refractivity contribution in [2.24, 2.45) is 7.05 Å². The van der Waals surface area contributed by atoms with Crippen molar-refractivity contribution in [3.05, 3.63) is 69.5 Å². The SMILES string of the molecule is Cc1ccc(CN(Cc2ccco2)C(=O)c2csc(-c3cnn(C)c3)n2)s1. The van der Waals surface area contributed by atoms with Crippen LogP contribution in [-0.4, -0.2) is 25.6 Å². The quantitative estimate of drug-likeness (QED) is 0.484. The summed E-state index contributed by atoms with van der Waals surface area (Å²) >= 11 is 3.14. The van der Waals surface area contributed by atoms with Crippen LogP contribution < -0.4 is 0 Å². The zero-order valence-corrected chi connectivity index (χ0v) is 16.6. The molecule has 27 heavy (non-hydrogen) atoms. The van der Waals surface area contributed by atoms with Gasteiger partial charge in [-0.15, -0.1) is 22.7 Å². The normalized spacial score (nSPS) is 11.0. The first-order chi connectivity index (χ1) is 13.1. The Morgan fingerprint density at radius 1 is 1.30 bits per heavy atom. The monoisotopic (exact) mass is 398 g/mol. The van der Waals surface area contributed by atoms with Crippen LogP contribution in [0.3, 0.4) is 0 Å². The molecule has 4 aromatic heterocycles. The Balaban J connectivity index is 1.58. The first-order valence-corrected chi connectivity index (χ1v) is 10.1. The van der Waals surface area contributed by atoms with Gasteiger partial charge in [-0.05, 0) is 31.2 Å². The van der Waals surface area contributed by atoms with Crippen LogP contribution in [-0.2, 0) is 20.1 Å². The summed E-state index contributed by atoms with van der Waals surface area (Å²) < 4.78 is 7.17. The van der Waals surface area contributed by atoms with E-state index in [0.29, 0.717) is 18.8 Å². The van der Waals surface area contributed by atoms with E-state index >= 15 is 0 Å². The lowest BCUT2D eigenvalue weighted by Gasteiger charge is -2.20. The van der Waals surface area contributed by atoms with E-state index in [0.717, 1.165) is 21.2 Å². The number of aromatic nitrogens is 3. The summed E-state index contributed by atoms with van der Waals surface area (Å²) in [5.74, 6) is 0.642. The van der Waals surface area contributed by atoms with Crippen LogP contribution in [0.1, 0.15) is 26.0 Å². The number of furan rings is 1. The van der Waals surface area contributed by atoms with Gasteiger partial charge in [0.1, 0.15) is 16.5 Å². The van der Waals surface area contributed by atoms with E-state index in [-0.39, 0.29) is 5.91 Å². The smallest absolute Gasteiger partial charge is 0.274 e. The van der Waals surface area contributed by atoms with Gasteiger partial charge in [-0.25, -0.2) is 4.98 Å². The lowest BCUT2D eigenvalue weighted by Crippen LogP contribution is -2.30. The van der Waals surface area contributed by atoms with E-state index in [1.54, 1.807) is 38.8 Å². The van der Waals surface area contributed by atoms with Crippen molar-refractivity contribution in [2.75, 3.05) is 0 Å². The average molecular weight is 399 g/mol. The third-order valence-electron chi connectivity index (χ3n) is 4.03. The Kier molecular flexibility index (Phi) is 4.91. The molecule has 0 atom stereocenters. The molecule has 0 bridgehead atoms. The van der Waals surface area contributed by atoms with Gasteiger partial charge in [0.05, 0.1) is 25.5 Å². The van der Waals surface area contributed by atoms with Gasteiger partial charge in [-0.3, -0.25) is 9.48 Å². The molecular formula is C19H18N4O2S2. The van der Waals surface area contributed by atoms with Crippen LogP contribution in [0.25, 0.3) is 10.6 Å². The molecule has 0 saturated heterocycles. The van der Waals surface area contributed by atoms with E-state index in [4.69, 9.17) is 4.42 Å². The standard InChI is InChI=1S/C19H18N4O2S2/c1-13-5-6-16(27-13)11-23(10-15-4-3-7-25-15)19(24)17-12-26-18(21-17)14-8-20-22(2)9-14/h3-9,12H,10-11H2,1-2H3. The highest BCUT2D eigenvalue weighted by atomic mass is 32.1. The van der Waals surface area contributed by atoms with Gasteiger partial charge < -0.3 is 9.32 Å². The van der Waals surface area contributed by atoms with Crippen molar-refractivity contribution in [3.63, 3.8) is 0 Å². The number of carbonyl (C=O) groups excluding carboxylic acids is 1. The van der Waals surface area contributed by atoms with E-state index in [1.807, 2.05) is 25.4 Å². The zero-order valence-electron chi connectivity index (χ0n) is 15.0. The molecule has 0 fully saturated rings. The number of rotatable bonds is 6. The summed E-state index contributed by atoms with van der Waals surface area (Å²) in [5, 5.41) is 6.76. The van der Waals surface area contributed by atoms with Gasteiger partial charge in [0.2, 0.25) is 0 Å². The molecule has 0 spiro atoms. The minimum atomic E-state index is -0.108. The lowest BCUT2D eigenvalue weighted by molar-refractivity contribution is 0.0714. The predicted molar refractivity (Wildman–Crippen MR) is 106 cm³/mol. The number of hydrogen-bond donors (Lipinski definition) is 0. The molecule has 0 aromatic carbocycles. The third kappa shape index (κ3) is 4.01. The van der Waals surface area contributed by atoms with Crippen LogP contribution in [0.4, 0.5) is 0 Å². The maximum absolute atomic E-state index is 13.1. The fraction of sp³-hybridized carbons (Fsp3) is 0.211. The van der Waals surface area contributed by atoms with Crippen LogP contribution in [0.15, 0.2) is 52.7 Å². The molecule has 0 saturated carbocycles. The van der Waals surface area contributed by atoms with Gasteiger partial charge in [0.25, 0.3) is 5.91 Å². The summed E-state index contributed by atoms with van der Waals surface area (Å²) in [6.45, 7) is 2.99. The van der Waals surface area contributed by atoms with Crippen molar-refractivity contribution in [3.8, 4) is 10.6 Å². The van der Waals surface area contributed by atoms with Crippen LogP contribution in [0, 0.1) is 6.92 Å². The number of thiazole rings is 1. The second-order valence-corrected chi connectivity index (χ2v) is 8.42. The molecule has 1 amide bonds. The Labute approximate surface area is 164 Å².